The van der Waals surface area contributed by atoms with Gasteiger partial charge in [-0.25, -0.2) is 0 Å². The van der Waals surface area contributed by atoms with Crippen molar-refractivity contribution >= 4 is 11.6 Å². The van der Waals surface area contributed by atoms with E-state index in [1.807, 2.05) is 18.2 Å². The summed E-state index contributed by atoms with van der Waals surface area (Å²) in [7, 11) is 2.15. The number of hydrogen-bond acceptors (Lipinski definition) is 2. The van der Waals surface area contributed by atoms with E-state index in [1.54, 1.807) is 0 Å². The molecule has 19 heavy (non-hydrogen) atoms. The molecule has 0 bridgehead atoms. The summed E-state index contributed by atoms with van der Waals surface area (Å²) in [4.78, 5) is 2.34. The Morgan fingerprint density at radius 1 is 1.26 bits per heavy atom. The summed E-state index contributed by atoms with van der Waals surface area (Å²) in [5.74, 6) is 0. The lowest BCUT2D eigenvalue weighted by Gasteiger charge is -2.27. The Bertz CT molecular complexity index is 368. The van der Waals surface area contributed by atoms with E-state index in [1.165, 1.54) is 18.4 Å². The fourth-order valence-corrected chi connectivity index (χ4v) is 2.31. The van der Waals surface area contributed by atoms with Gasteiger partial charge in [-0.3, -0.25) is 4.90 Å². The highest BCUT2D eigenvalue weighted by Gasteiger charge is 2.12. The van der Waals surface area contributed by atoms with Crippen molar-refractivity contribution in [2.24, 2.45) is 0 Å². The molecule has 108 valence electrons. The molecule has 0 saturated carbocycles. The van der Waals surface area contributed by atoms with Crippen LogP contribution in [0.15, 0.2) is 24.3 Å². The quantitative estimate of drug-likeness (QED) is 0.777. The van der Waals surface area contributed by atoms with E-state index < -0.39 is 0 Å². The van der Waals surface area contributed by atoms with Crippen molar-refractivity contribution in [3.63, 3.8) is 0 Å². The van der Waals surface area contributed by atoms with Crippen molar-refractivity contribution in [3.8, 4) is 0 Å². The van der Waals surface area contributed by atoms with Crippen LogP contribution < -0.4 is 5.32 Å². The lowest BCUT2D eigenvalue weighted by molar-refractivity contribution is 0.237. The summed E-state index contributed by atoms with van der Waals surface area (Å²) >= 11 is 6.20. The second-order valence-corrected chi connectivity index (χ2v) is 5.86. The molecule has 0 fully saturated rings. The van der Waals surface area contributed by atoms with E-state index >= 15 is 0 Å². The fraction of sp³-hybridized carbons (Fsp3) is 0.625. The van der Waals surface area contributed by atoms with Crippen LogP contribution in [0.3, 0.4) is 0 Å². The first-order valence-electron chi connectivity index (χ1n) is 7.21. The minimum absolute atomic E-state index is 0.496. The van der Waals surface area contributed by atoms with E-state index in [0.717, 1.165) is 18.1 Å². The molecule has 0 aliphatic rings. The van der Waals surface area contributed by atoms with Gasteiger partial charge >= 0.3 is 0 Å². The van der Waals surface area contributed by atoms with E-state index in [9.17, 15) is 0 Å². The second kappa shape index (κ2) is 8.57. The molecule has 0 spiro atoms. The second-order valence-electron chi connectivity index (χ2n) is 5.45. The minimum atomic E-state index is 0.496. The number of hydrogen-bond donors (Lipinski definition) is 1. The highest BCUT2D eigenvalue weighted by Crippen LogP contribution is 2.17. The van der Waals surface area contributed by atoms with Crippen molar-refractivity contribution in [2.75, 3.05) is 13.6 Å². The number of benzene rings is 1. The van der Waals surface area contributed by atoms with E-state index in [0.29, 0.717) is 12.1 Å². The summed E-state index contributed by atoms with van der Waals surface area (Å²) in [5, 5.41) is 4.45. The largest absolute Gasteiger partial charge is 0.313 e. The molecule has 1 aromatic rings. The fourth-order valence-electron chi connectivity index (χ4n) is 2.11. The predicted octanol–water partition coefficient (Wildman–Crippen LogP) is 3.94. The first kappa shape index (κ1) is 16.5. The summed E-state index contributed by atoms with van der Waals surface area (Å²) < 4.78 is 0. The highest BCUT2D eigenvalue weighted by molar-refractivity contribution is 6.31. The summed E-state index contributed by atoms with van der Waals surface area (Å²) in [6, 6.07) is 9.16. The Balaban J connectivity index is 2.40. The first-order valence-corrected chi connectivity index (χ1v) is 7.59. The highest BCUT2D eigenvalue weighted by atomic mass is 35.5. The SMILES string of the molecule is CCCC(C)NCC(C)N(C)Cc1ccccc1Cl. The van der Waals surface area contributed by atoms with Gasteiger partial charge in [-0.1, -0.05) is 43.1 Å². The molecule has 1 aromatic carbocycles. The standard InChI is InChI=1S/C16H27ClN2/c1-5-8-13(2)18-11-14(3)19(4)12-15-9-6-7-10-16(15)17/h6-7,9-10,13-14,18H,5,8,11-12H2,1-4H3. The molecule has 2 atom stereocenters. The van der Waals surface area contributed by atoms with Gasteiger partial charge in [0.25, 0.3) is 0 Å². The van der Waals surface area contributed by atoms with Gasteiger partial charge in [0, 0.05) is 30.2 Å². The van der Waals surface area contributed by atoms with Crippen LogP contribution in [0.25, 0.3) is 0 Å². The Hall–Kier alpha value is -0.570. The normalized spacial score (nSPS) is 14.6. The third kappa shape index (κ3) is 5.94. The number of nitrogens with one attached hydrogen (secondary N) is 1. The van der Waals surface area contributed by atoms with E-state index in [2.05, 4.69) is 44.1 Å². The van der Waals surface area contributed by atoms with Crippen LogP contribution in [0.4, 0.5) is 0 Å². The molecule has 3 heteroatoms. The molecule has 0 aliphatic heterocycles. The number of halogens is 1. The Labute approximate surface area is 123 Å². The Kier molecular flexibility index (Phi) is 7.44. The van der Waals surface area contributed by atoms with Gasteiger partial charge in [-0.2, -0.15) is 0 Å². The van der Waals surface area contributed by atoms with Gasteiger partial charge in [0.1, 0.15) is 0 Å². The molecule has 0 heterocycles. The maximum absolute atomic E-state index is 6.20. The molecule has 2 nitrogen and oxygen atoms in total. The van der Waals surface area contributed by atoms with Gasteiger partial charge < -0.3 is 5.32 Å². The van der Waals surface area contributed by atoms with Crippen molar-refractivity contribution in [2.45, 2.75) is 52.2 Å². The molecule has 0 saturated heterocycles. The third-order valence-electron chi connectivity index (χ3n) is 3.61. The first-order chi connectivity index (χ1) is 9.04. The molecule has 0 aromatic heterocycles. The van der Waals surface area contributed by atoms with Crippen molar-refractivity contribution < 1.29 is 0 Å². The van der Waals surface area contributed by atoms with Crippen molar-refractivity contribution in [3.05, 3.63) is 34.9 Å². The van der Waals surface area contributed by atoms with Crippen LogP contribution in [0, 0.1) is 0 Å². The van der Waals surface area contributed by atoms with Gasteiger partial charge in [0.05, 0.1) is 0 Å². The maximum atomic E-state index is 6.20. The van der Waals surface area contributed by atoms with Crippen LogP contribution >= 0.6 is 11.6 Å². The van der Waals surface area contributed by atoms with Crippen LogP contribution in [-0.2, 0) is 6.54 Å². The van der Waals surface area contributed by atoms with E-state index in [4.69, 9.17) is 11.6 Å². The van der Waals surface area contributed by atoms with Crippen LogP contribution in [0.1, 0.15) is 39.2 Å². The summed E-state index contributed by atoms with van der Waals surface area (Å²) in [5.41, 5.74) is 1.19. The van der Waals surface area contributed by atoms with Crippen LogP contribution in [0.5, 0.6) is 0 Å². The smallest absolute Gasteiger partial charge is 0.0451 e. The van der Waals surface area contributed by atoms with Gasteiger partial charge in [-0.15, -0.1) is 0 Å². The van der Waals surface area contributed by atoms with Crippen molar-refractivity contribution in [1.29, 1.82) is 0 Å². The molecule has 2 unspecified atom stereocenters. The lowest BCUT2D eigenvalue weighted by atomic mass is 10.1. The maximum Gasteiger partial charge on any atom is 0.0451 e. The van der Waals surface area contributed by atoms with Gasteiger partial charge in [0.2, 0.25) is 0 Å². The summed E-state index contributed by atoms with van der Waals surface area (Å²) in [6.45, 7) is 8.64. The molecule has 0 radical (unpaired) electrons. The minimum Gasteiger partial charge on any atom is -0.313 e. The van der Waals surface area contributed by atoms with Gasteiger partial charge in [-0.05, 0) is 38.9 Å². The molecule has 0 amide bonds. The number of likely N-dealkylation sites (N-methyl/N-ethyl adjacent to an activating group) is 1. The molecule has 0 aliphatic carbocycles. The Morgan fingerprint density at radius 3 is 2.58 bits per heavy atom. The number of nitrogens with zero attached hydrogens (tertiary/aromatic N) is 1. The zero-order valence-electron chi connectivity index (χ0n) is 12.6. The summed E-state index contributed by atoms with van der Waals surface area (Å²) in [6.07, 6.45) is 2.47. The molecular weight excluding hydrogens is 256 g/mol. The topological polar surface area (TPSA) is 15.3 Å². The molecule has 1 N–H and O–H groups in total. The molecular formula is C16H27ClN2. The lowest BCUT2D eigenvalue weighted by Crippen LogP contribution is -2.40. The predicted molar refractivity (Wildman–Crippen MR) is 84.8 cm³/mol. The zero-order valence-corrected chi connectivity index (χ0v) is 13.4. The van der Waals surface area contributed by atoms with Crippen LogP contribution in [0.2, 0.25) is 5.02 Å². The number of rotatable bonds is 8. The van der Waals surface area contributed by atoms with Gasteiger partial charge in [0.15, 0.2) is 0 Å². The zero-order chi connectivity index (χ0) is 14.3. The van der Waals surface area contributed by atoms with E-state index in [-0.39, 0.29) is 0 Å². The average Bonchev–Trinajstić information content (AvgIpc) is 2.39. The van der Waals surface area contributed by atoms with Crippen LogP contribution in [-0.4, -0.2) is 30.6 Å². The Morgan fingerprint density at radius 2 is 1.95 bits per heavy atom. The molecule has 1 rings (SSSR count). The van der Waals surface area contributed by atoms with Crippen molar-refractivity contribution in [1.82, 2.24) is 10.2 Å². The average molecular weight is 283 g/mol. The monoisotopic (exact) mass is 282 g/mol. The third-order valence-corrected chi connectivity index (χ3v) is 3.98.